The molecule has 0 aromatic heterocycles. The van der Waals surface area contributed by atoms with E-state index in [1.54, 1.807) is 20.8 Å². The molecule has 0 aliphatic carbocycles. The van der Waals surface area contributed by atoms with Crippen LogP contribution in [0.3, 0.4) is 0 Å². The van der Waals surface area contributed by atoms with Crippen molar-refractivity contribution >= 4 is 12.0 Å². The van der Waals surface area contributed by atoms with E-state index >= 15 is 0 Å². The molecule has 7 nitrogen and oxygen atoms in total. The van der Waals surface area contributed by atoms with Crippen molar-refractivity contribution in [2.75, 3.05) is 20.7 Å². The Morgan fingerprint density at radius 1 is 1.41 bits per heavy atom. The monoisotopic (exact) mass is 248 g/mol. The zero-order valence-electron chi connectivity index (χ0n) is 10.8. The number of ether oxygens (including phenoxy) is 1. The molecule has 0 spiro atoms. The van der Waals surface area contributed by atoms with Crippen LogP contribution in [-0.2, 0) is 14.4 Å². The van der Waals surface area contributed by atoms with Crippen LogP contribution < -0.4 is 5.32 Å². The van der Waals surface area contributed by atoms with Crippen molar-refractivity contribution in [1.29, 1.82) is 0 Å². The van der Waals surface area contributed by atoms with Gasteiger partial charge in [0, 0.05) is 7.05 Å². The molecule has 0 aliphatic rings. The number of nitrogens with zero attached hydrogens (tertiary/aromatic N) is 1. The third-order valence-corrected chi connectivity index (χ3v) is 1.71. The zero-order chi connectivity index (χ0) is 13.6. The summed E-state index contributed by atoms with van der Waals surface area (Å²) in [7, 11) is 2.66. The fraction of sp³-hybridized carbons (Fsp3) is 0.800. The van der Waals surface area contributed by atoms with Gasteiger partial charge in [0.05, 0.1) is 13.7 Å². The summed E-state index contributed by atoms with van der Waals surface area (Å²) in [6, 6.07) is 0. The highest BCUT2D eigenvalue weighted by atomic mass is 16.7. The van der Waals surface area contributed by atoms with E-state index in [1.807, 2.05) is 0 Å². The smallest absolute Gasteiger partial charge is 0.407 e. The maximum atomic E-state index is 11.3. The van der Waals surface area contributed by atoms with Crippen molar-refractivity contribution in [3.63, 3.8) is 0 Å². The molecule has 0 aromatic rings. The van der Waals surface area contributed by atoms with Crippen LogP contribution >= 0.6 is 0 Å². The Morgan fingerprint density at radius 3 is 2.35 bits per heavy atom. The largest absolute Gasteiger partial charge is 0.444 e. The average Bonchev–Trinajstić information content (AvgIpc) is 2.21. The minimum atomic E-state index is -1.37. The predicted octanol–water partition coefficient (Wildman–Crippen LogP) is -0.108. The predicted molar refractivity (Wildman–Crippen MR) is 60.0 cm³/mol. The van der Waals surface area contributed by atoms with Crippen molar-refractivity contribution in [2.45, 2.75) is 32.5 Å². The first kappa shape index (κ1) is 15.7. The standard InChI is InChI=1S/C10H20N2O5/c1-10(2,3)17-9(15)11-6-7(13)8(14)12(4)16-5/h7,13H,6H2,1-5H3,(H,11,15). The van der Waals surface area contributed by atoms with Crippen molar-refractivity contribution < 1.29 is 24.3 Å². The van der Waals surface area contributed by atoms with E-state index in [1.165, 1.54) is 14.2 Å². The molecule has 2 amide bonds. The minimum absolute atomic E-state index is 0.235. The summed E-state index contributed by atoms with van der Waals surface area (Å²) < 4.78 is 4.94. The van der Waals surface area contributed by atoms with E-state index in [4.69, 9.17) is 4.74 Å². The van der Waals surface area contributed by atoms with Gasteiger partial charge in [-0.05, 0) is 20.8 Å². The van der Waals surface area contributed by atoms with E-state index in [9.17, 15) is 14.7 Å². The number of rotatable bonds is 4. The maximum absolute atomic E-state index is 11.3. The Kier molecular flexibility index (Phi) is 5.90. The Labute approximate surface area is 101 Å². The van der Waals surface area contributed by atoms with Crippen LogP contribution in [0.1, 0.15) is 20.8 Å². The summed E-state index contributed by atoms with van der Waals surface area (Å²) in [6.45, 7) is 4.91. The first-order valence-electron chi connectivity index (χ1n) is 5.14. The normalized spacial score (nSPS) is 12.8. The van der Waals surface area contributed by atoms with Gasteiger partial charge in [0.25, 0.3) is 5.91 Å². The lowest BCUT2D eigenvalue weighted by Crippen LogP contribution is -2.44. The zero-order valence-corrected chi connectivity index (χ0v) is 10.8. The summed E-state index contributed by atoms with van der Waals surface area (Å²) >= 11 is 0. The van der Waals surface area contributed by atoms with E-state index in [0.29, 0.717) is 0 Å². The number of hydrogen-bond acceptors (Lipinski definition) is 5. The molecule has 0 saturated heterocycles. The van der Waals surface area contributed by atoms with Gasteiger partial charge in [-0.3, -0.25) is 9.63 Å². The van der Waals surface area contributed by atoms with Gasteiger partial charge in [0.1, 0.15) is 5.60 Å². The third kappa shape index (κ3) is 6.75. The highest BCUT2D eigenvalue weighted by Crippen LogP contribution is 2.06. The van der Waals surface area contributed by atoms with Crippen LogP contribution in [0.2, 0.25) is 0 Å². The average molecular weight is 248 g/mol. The molecule has 7 heteroatoms. The van der Waals surface area contributed by atoms with Crippen molar-refractivity contribution in [1.82, 2.24) is 10.4 Å². The molecule has 0 bridgehead atoms. The maximum Gasteiger partial charge on any atom is 0.407 e. The summed E-state index contributed by atoms with van der Waals surface area (Å²) in [4.78, 5) is 27.2. The number of aliphatic hydroxyl groups is 1. The molecule has 0 fully saturated rings. The molecule has 0 heterocycles. The van der Waals surface area contributed by atoms with Crippen molar-refractivity contribution in [2.24, 2.45) is 0 Å². The summed E-state index contributed by atoms with van der Waals surface area (Å²) in [5.41, 5.74) is -0.623. The molecule has 0 rings (SSSR count). The lowest BCUT2D eigenvalue weighted by atomic mass is 10.2. The third-order valence-electron chi connectivity index (χ3n) is 1.71. The van der Waals surface area contributed by atoms with Gasteiger partial charge in [-0.15, -0.1) is 0 Å². The van der Waals surface area contributed by atoms with E-state index in [-0.39, 0.29) is 6.54 Å². The molecule has 100 valence electrons. The quantitative estimate of drug-likeness (QED) is 0.678. The van der Waals surface area contributed by atoms with Crippen LogP contribution in [-0.4, -0.2) is 54.6 Å². The molecular formula is C10H20N2O5. The number of hydrogen-bond donors (Lipinski definition) is 2. The van der Waals surface area contributed by atoms with Gasteiger partial charge >= 0.3 is 6.09 Å². The number of aliphatic hydroxyl groups excluding tert-OH is 1. The number of likely N-dealkylation sites (N-methyl/N-ethyl adjacent to an activating group) is 1. The van der Waals surface area contributed by atoms with Crippen molar-refractivity contribution in [3.05, 3.63) is 0 Å². The van der Waals surface area contributed by atoms with E-state index in [0.717, 1.165) is 5.06 Å². The van der Waals surface area contributed by atoms with Gasteiger partial charge in [0.2, 0.25) is 0 Å². The Bertz CT molecular complexity index is 274. The van der Waals surface area contributed by atoms with Gasteiger partial charge in [-0.25, -0.2) is 9.86 Å². The van der Waals surface area contributed by atoms with Gasteiger partial charge in [-0.2, -0.15) is 0 Å². The Balaban J connectivity index is 4.04. The highest BCUT2D eigenvalue weighted by molar-refractivity contribution is 5.80. The van der Waals surface area contributed by atoms with Crippen LogP contribution in [0.25, 0.3) is 0 Å². The van der Waals surface area contributed by atoms with E-state index in [2.05, 4.69) is 10.2 Å². The van der Waals surface area contributed by atoms with Gasteiger partial charge < -0.3 is 15.2 Å². The fourth-order valence-corrected chi connectivity index (χ4v) is 0.881. The number of amides is 2. The topological polar surface area (TPSA) is 88.1 Å². The second-order valence-electron chi connectivity index (χ2n) is 4.42. The molecule has 0 aromatic carbocycles. The first-order chi connectivity index (χ1) is 7.67. The molecule has 17 heavy (non-hydrogen) atoms. The number of carbonyl (C=O) groups is 2. The molecule has 1 atom stereocenters. The summed E-state index contributed by atoms with van der Waals surface area (Å²) in [5.74, 6) is -0.649. The number of hydroxylamine groups is 2. The van der Waals surface area contributed by atoms with E-state index < -0.39 is 23.7 Å². The van der Waals surface area contributed by atoms with Crippen LogP contribution in [0.4, 0.5) is 4.79 Å². The molecule has 1 unspecified atom stereocenters. The highest BCUT2D eigenvalue weighted by Gasteiger charge is 2.22. The second-order valence-corrected chi connectivity index (χ2v) is 4.42. The fourth-order valence-electron chi connectivity index (χ4n) is 0.881. The molecule has 0 aliphatic heterocycles. The van der Waals surface area contributed by atoms with Crippen LogP contribution in [0.15, 0.2) is 0 Å². The first-order valence-corrected chi connectivity index (χ1v) is 5.14. The van der Waals surface area contributed by atoms with Gasteiger partial charge in [-0.1, -0.05) is 0 Å². The second kappa shape index (κ2) is 6.41. The lowest BCUT2D eigenvalue weighted by Gasteiger charge is -2.21. The summed E-state index contributed by atoms with van der Waals surface area (Å²) in [6.07, 6.45) is -2.06. The minimum Gasteiger partial charge on any atom is -0.444 e. The Morgan fingerprint density at radius 2 is 1.94 bits per heavy atom. The van der Waals surface area contributed by atoms with Crippen LogP contribution in [0.5, 0.6) is 0 Å². The SMILES string of the molecule is CON(C)C(=O)C(O)CNC(=O)OC(C)(C)C. The number of nitrogens with one attached hydrogen (secondary N) is 1. The van der Waals surface area contributed by atoms with Gasteiger partial charge in [0.15, 0.2) is 6.10 Å². The van der Waals surface area contributed by atoms with Crippen molar-refractivity contribution in [3.8, 4) is 0 Å². The lowest BCUT2D eigenvalue weighted by molar-refractivity contribution is -0.177. The molecular weight excluding hydrogens is 228 g/mol. The summed E-state index contributed by atoms with van der Waals surface area (Å²) in [5, 5.41) is 12.6. The molecule has 0 saturated carbocycles. The van der Waals surface area contributed by atoms with Crippen LogP contribution in [0, 0.1) is 0 Å². The number of alkyl carbamates (subject to hydrolysis) is 1. The Hall–Kier alpha value is -1.34. The molecule has 2 N–H and O–H groups in total. The molecule has 0 radical (unpaired) electrons. The number of carbonyl (C=O) groups excluding carboxylic acids is 2.